The Balaban J connectivity index is 2.09. The van der Waals surface area contributed by atoms with Crippen molar-refractivity contribution < 1.29 is 9.47 Å². The summed E-state index contributed by atoms with van der Waals surface area (Å²) in [7, 11) is 3.23. The van der Waals surface area contributed by atoms with E-state index in [1.807, 2.05) is 30.3 Å². The third-order valence-corrected chi connectivity index (χ3v) is 2.86. The second kappa shape index (κ2) is 4.61. The van der Waals surface area contributed by atoms with Crippen molar-refractivity contribution in [3.05, 3.63) is 36.4 Å². The monoisotopic (exact) mass is 255 g/mol. The number of benzene rings is 1. The summed E-state index contributed by atoms with van der Waals surface area (Å²) < 4.78 is 10.3. The predicted molar refractivity (Wildman–Crippen MR) is 72.4 cm³/mol. The molecule has 0 aliphatic heterocycles. The molecule has 1 N–H and O–H groups in total. The maximum Gasteiger partial charge on any atom is 0.213 e. The number of hydrogen-bond donors (Lipinski definition) is 1. The van der Waals surface area contributed by atoms with Gasteiger partial charge in [0.25, 0.3) is 0 Å². The van der Waals surface area contributed by atoms with Crippen LogP contribution in [0.25, 0.3) is 22.6 Å². The van der Waals surface area contributed by atoms with Crippen LogP contribution < -0.4 is 9.47 Å². The van der Waals surface area contributed by atoms with Crippen LogP contribution in [0.4, 0.5) is 0 Å². The lowest BCUT2D eigenvalue weighted by Gasteiger charge is -1.99. The molecule has 0 aliphatic rings. The molecule has 0 saturated heterocycles. The molecule has 0 aliphatic carbocycles. The lowest BCUT2D eigenvalue weighted by molar-refractivity contribution is 0.398. The van der Waals surface area contributed by atoms with Crippen LogP contribution in [-0.2, 0) is 0 Å². The second-order valence-electron chi connectivity index (χ2n) is 4.03. The van der Waals surface area contributed by atoms with Gasteiger partial charge in [0, 0.05) is 12.1 Å². The lowest BCUT2D eigenvalue weighted by atomic mass is 10.3. The maximum absolute atomic E-state index is 5.19. The first-order valence-electron chi connectivity index (χ1n) is 5.85. The van der Waals surface area contributed by atoms with E-state index in [0.29, 0.717) is 11.7 Å². The summed E-state index contributed by atoms with van der Waals surface area (Å²) in [5.41, 5.74) is 2.54. The van der Waals surface area contributed by atoms with Crippen LogP contribution in [-0.4, -0.2) is 29.2 Å². The van der Waals surface area contributed by atoms with Crippen molar-refractivity contribution in [2.75, 3.05) is 14.2 Å². The van der Waals surface area contributed by atoms with E-state index in [9.17, 15) is 0 Å². The van der Waals surface area contributed by atoms with Crippen LogP contribution in [0, 0.1) is 0 Å². The molecule has 1 aromatic carbocycles. The van der Waals surface area contributed by atoms with Crippen LogP contribution >= 0.6 is 0 Å². The van der Waals surface area contributed by atoms with Crippen molar-refractivity contribution in [1.82, 2.24) is 15.0 Å². The number of nitrogens with one attached hydrogen (secondary N) is 1. The van der Waals surface area contributed by atoms with Crippen molar-refractivity contribution in [2.24, 2.45) is 0 Å². The van der Waals surface area contributed by atoms with Crippen LogP contribution in [0.3, 0.4) is 0 Å². The highest BCUT2D eigenvalue weighted by molar-refractivity contribution is 5.80. The SMILES string of the molecule is COc1ccc2nc(-c3cccc(OC)n3)[nH]c2c1. The molecule has 0 spiro atoms. The minimum atomic E-state index is 0.565. The number of H-pyrrole nitrogens is 1. The van der Waals surface area contributed by atoms with E-state index < -0.39 is 0 Å². The molecule has 5 heteroatoms. The van der Waals surface area contributed by atoms with Gasteiger partial charge in [-0.05, 0) is 18.2 Å². The molecule has 0 amide bonds. The normalized spacial score (nSPS) is 10.6. The number of nitrogens with zero attached hydrogens (tertiary/aromatic N) is 2. The molecular weight excluding hydrogens is 242 g/mol. The van der Waals surface area contributed by atoms with Gasteiger partial charge in [-0.25, -0.2) is 9.97 Å². The van der Waals surface area contributed by atoms with Crippen LogP contribution in [0.2, 0.25) is 0 Å². The molecule has 0 bridgehead atoms. The largest absolute Gasteiger partial charge is 0.497 e. The van der Waals surface area contributed by atoms with Gasteiger partial charge in [0.1, 0.15) is 11.4 Å². The number of methoxy groups -OCH3 is 2. The van der Waals surface area contributed by atoms with Crippen LogP contribution in [0.1, 0.15) is 0 Å². The van der Waals surface area contributed by atoms with E-state index >= 15 is 0 Å². The van der Waals surface area contributed by atoms with Gasteiger partial charge in [0.2, 0.25) is 5.88 Å². The highest BCUT2D eigenvalue weighted by atomic mass is 16.5. The van der Waals surface area contributed by atoms with Crippen LogP contribution in [0.15, 0.2) is 36.4 Å². The van der Waals surface area contributed by atoms with Gasteiger partial charge in [-0.3, -0.25) is 0 Å². The summed E-state index contributed by atoms with van der Waals surface area (Å²) in [6.07, 6.45) is 0. The number of rotatable bonds is 3. The number of imidazole rings is 1. The Morgan fingerprint density at radius 1 is 1.00 bits per heavy atom. The molecule has 0 radical (unpaired) electrons. The Kier molecular flexibility index (Phi) is 2.79. The van der Waals surface area contributed by atoms with Gasteiger partial charge in [-0.15, -0.1) is 0 Å². The molecule has 3 rings (SSSR count). The highest BCUT2D eigenvalue weighted by Crippen LogP contribution is 2.23. The summed E-state index contributed by atoms with van der Waals surface area (Å²) in [5, 5.41) is 0. The number of aromatic amines is 1. The predicted octanol–water partition coefficient (Wildman–Crippen LogP) is 2.64. The molecule has 0 unspecified atom stereocenters. The fraction of sp³-hybridized carbons (Fsp3) is 0.143. The molecule has 3 aromatic rings. The first-order chi connectivity index (χ1) is 9.30. The van der Waals surface area contributed by atoms with Crippen molar-refractivity contribution >= 4 is 11.0 Å². The number of pyridine rings is 1. The highest BCUT2D eigenvalue weighted by Gasteiger charge is 2.08. The molecular formula is C14H13N3O2. The molecule has 19 heavy (non-hydrogen) atoms. The summed E-state index contributed by atoms with van der Waals surface area (Å²) in [6.45, 7) is 0. The Bertz CT molecular complexity index is 722. The fourth-order valence-electron chi connectivity index (χ4n) is 1.90. The Hall–Kier alpha value is -2.56. The van der Waals surface area contributed by atoms with Gasteiger partial charge in [-0.2, -0.15) is 0 Å². The Morgan fingerprint density at radius 3 is 2.68 bits per heavy atom. The molecule has 0 saturated carbocycles. The van der Waals surface area contributed by atoms with E-state index in [2.05, 4.69) is 15.0 Å². The first-order valence-corrected chi connectivity index (χ1v) is 5.85. The fourth-order valence-corrected chi connectivity index (χ4v) is 1.90. The minimum Gasteiger partial charge on any atom is -0.497 e. The van der Waals surface area contributed by atoms with Gasteiger partial charge in [0.15, 0.2) is 5.82 Å². The Labute approximate surface area is 110 Å². The standard InChI is InChI=1S/C14H13N3O2/c1-18-9-6-7-10-12(8-9)17-14(16-10)11-4-3-5-13(15-11)19-2/h3-8H,1-2H3,(H,16,17). The second-order valence-corrected chi connectivity index (χ2v) is 4.03. The van der Waals surface area contributed by atoms with E-state index in [1.165, 1.54) is 0 Å². The third-order valence-electron chi connectivity index (χ3n) is 2.86. The number of hydrogen-bond acceptors (Lipinski definition) is 4. The van der Waals surface area contributed by atoms with E-state index in [4.69, 9.17) is 9.47 Å². The summed E-state index contributed by atoms with van der Waals surface area (Å²) >= 11 is 0. The van der Waals surface area contributed by atoms with E-state index in [-0.39, 0.29) is 0 Å². The third kappa shape index (κ3) is 2.10. The molecule has 2 aromatic heterocycles. The molecule has 2 heterocycles. The topological polar surface area (TPSA) is 60.0 Å². The quantitative estimate of drug-likeness (QED) is 0.781. The zero-order chi connectivity index (χ0) is 13.2. The average Bonchev–Trinajstić information content (AvgIpc) is 2.90. The van der Waals surface area contributed by atoms with Gasteiger partial charge < -0.3 is 14.5 Å². The van der Waals surface area contributed by atoms with Crippen molar-refractivity contribution in [3.63, 3.8) is 0 Å². The lowest BCUT2D eigenvalue weighted by Crippen LogP contribution is -1.90. The van der Waals surface area contributed by atoms with Crippen LogP contribution in [0.5, 0.6) is 11.6 Å². The van der Waals surface area contributed by atoms with Gasteiger partial charge in [0.05, 0.1) is 25.3 Å². The van der Waals surface area contributed by atoms with Crippen molar-refractivity contribution in [1.29, 1.82) is 0 Å². The van der Waals surface area contributed by atoms with E-state index in [0.717, 1.165) is 22.5 Å². The van der Waals surface area contributed by atoms with Gasteiger partial charge >= 0.3 is 0 Å². The molecule has 5 nitrogen and oxygen atoms in total. The average molecular weight is 255 g/mol. The number of aromatic nitrogens is 3. The van der Waals surface area contributed by atoms with Crippen molar-refractivity contribution in [3.8, 4) is 23.1 Å². The smallest absolute Gasteiger partial charge is 0.213 e. The summed E-state index contributed by atoms with van der Waals surface area (Å²) in [6, 6.07) is 11.3. The van der Waals surface area contributed by atoms with Crippen molar-refractivity contribution in [2.45, 2.75) is 0 Å². The summed E-state index contributed by atoms with van der Waals surface area (Å²) in [4.78, 5) is 12.1. The number of fused-ring (bicyclic) bond motifs is 1. The van der Waals surface area contributed by atoms with E-state index in [1.54, 1.807) is 20.3 Å². The molecule has 0 fully saturated rings. The van der Waals surface area contributed by atoms with Gasteiger partial charge in [-0.1, -0.05) is 6.07 Å². The first kappa shape index (κ1) is 11.5. The zero-order valence-corrected chi connectivity index (χ0v) is 10.7. The molecule has 0 atom stereocenters. The number of ether oxygens (including phenoxy) is 2. The molecule has 96 valence electrons. The Morgan fingerprint density at radius 2 is 1.89 bits per heavy atom. The zero-order valence-electron chi connectivity index (χ0n) is 10.7. The maximum atomic E-state index is 5.19. The summed E-state index contributed by atoms with van der Waals surface area (Å²) in [5.74, 6) is 2.07. The minimum absolute atomic E-state index is 0.565.